The Morgan fingerprint density at radius 1 is 1.57 bits per heavy atom. The molecule has 0 aromatic carbocycles. The minimum absolute atomic E-state index is 0.0537. The summed E-state index contributed by atoms with van der Waals surface area (Å²) in [7, 11) is 1.51. The van der Waals surface area contributed by atoms with Crippen LogP contribution in [0.2, 0.25) is 0 Å². The zero-order valence-electron chi connectivity index (χ0n) is 8.48. The van der Waals surface area contributed by atoms with Crippen LogP contribution in [0.1, 0.15) is 13.8 Å². The van der Waals surface area contributed by atoms with E-state index in [1.54, 1.807) is 19.1 Å². The highest BCUT2D eigenvalue weighted by Gasteiger charge is 2.20. The summed E-state index contributed by atoms with van der Waals surface area (Å²) >= 11 is 0. The van der Waals surface area contributed by atoms with Gasteiger partial charge in [-0.1, -0.05) is 13.0 Å². The SMILES string of the molecule is COC1=C(C)C([N+](=O)[O-])=CC(C)C=C1. The van der Waals surface area contributed by atoms with Gasteiger partial charge >= 0.3 is 0 Å². The number of nitrogens with zero attached hydrogens (tertiary/aromatic N) is 1. The zero-order valence-corrected chi connectivity index (χ0v) is 8.48. The van der Waals surface area contributed by atoms with Crippen LogP contribution >= 0.6 is 0 Å². The van der Waals surface area contributed by atoms with Crippen molar-refractivity contribution in [1.82, 2.24) is 0 Å². The molecule has 0 aromatic rings. The first kappa shape index (κ1) is 10.5. The summed E-state index contributed by atoms with van der Waals surface area (Å²) in [6.07, 6.45) is 5.27. The van der Waals surface area contributed by atoms with Gasteiger partial charge in [-0.3, -0.25) is 10.1 Å². The summed E-state index contributed by atoms with van der Waals surface area (Å²) in [5.41, 5.74) is 0.692. The molecule has 0 spiro atoms. The fraction of sp³-hybridized carbons (Fsp3) is 0.400. The molecule has 1 aliphatic rings. The van der Waals surface area contributed by atoms with Crippen LogP contribution in [0.15, 0.2) is 35.3 Å². The Labute approximate surface area is 82.7 Å². The summed E-state index contributed by atoms with van der Waals surface area (Å²) in [5.74, 6) is 0.607. The summed E-state index contributed by atoms with van der Waals surface area (Å²) in [6.45, 7) is 3.59. The zero-order chi connectivity index (χ0) is 10.7. The maximum absolute atomic E-state index is 10.7. The lowest BCUT2D eigenvalue weighted by atomic mass is 10.1. The maximum Gasteiger partial charge on any atom is 0.272 e. The highest BCUT2D eigenvalue weighted by atomic mass is 16.6. The highest BCUT2D eigenvalue weighted by molar-refractivity contribution is 5.35. The Morgan fingerprint density at radius 2 is 2.21 bits per heavy atom. The summed E-state index contributed by atoms with van der Waals surface area (Å²) in [6, 6.07) is 0. The van der Waals surface area contributed by atoms with Gasteiger partial charge in [-0.05, 0) is 18.9 Å². The number of hydrogen-bond donors (Lipinski definition) is 0. The lowest BCUT2D eigenvalue weighted by Crippen LogP contribution is -2.03. The molecule has 0 saturated heterocycles. The predicted molar refractivity (Wildman–Crippen MR) is 53.1 cm³/mol. The van der Waals surface area contributed by atoms with Gasteiger partial charge in [0, 0.05) is 6.08 Å². The van der Waals surface area contributed by atoms with E-state index in [4.69, 9.17) is 4.74 Å². The molecule has 0 amide bonds. The molecule has 0 heterocycles. The number of allylic oxidation sites excluding steroid dienone is 4. The van der Waals surface area contributed by atoms with Crippen LogP contribution in [0.3, 0.4) is 0 Å². The van der Waals surface area contributed by atoms with E-state index in [9.17, 15) is 10.1 Å². The van der Waals surface area contributed by atoms with Crippen LogP contribution in [0.4, 0.5) is 0 Å². The van der Waals surface area contributed by atoms with Crippen molar-refractivity contribution in [1.29, 1.82) is 0 Å². The monoisotopic (exact) mass is 195 g/mol. The maximum atomic E-state index is 10.7. The van der Waals surface area contributed by atoms with Crippen molar-refractivity contribution in [2.45, 2.75) is 13.8 Å². The molecule has 4 heteroatoms. The van der Waals surface area contributed by atoms with Gasteiger partial charge in [-0.25, -0.2) is 0 Å². The second-order valence-corrected chi connectivity index (χ2v) is 3.22. The Bertz CT molecular complexity index is 339. The number of hydrogen-bond acceptors (Lipinski definition) is 3. The molecule has 0 fully saturated rings. The van der Waals surface area contributed by atoms with E-state index in [0.717, 1.165) is 0 Å². The topological polar surface area (TPSA) is 52.4 Å². The lowest BCUT2D eigenvalue weighted by molar-refractivity contribution is -0.421. The van der Waals surface area contributed by atoms with Crippen molar-refractivity contribution in [3.05, 3.63) is 45.4 Å². The molecule has 1 atom stereocenters. The molecule has 1 rings (SSSR count). The third-order valence-electron chi connectivity index (χ3n) is 2.14. The third-order valence-corrected chi connectivity index (χ3v) is 2.14. The van der Waals surface area contributed by atoms with Crippen LogP contribution in [0, 0.1) is 16.0 Å². The standard InChI is InChI=1S/C10H13NO3/c1-7-4-5-10(14-3)8(2)9(6-7)11(12)13/h4-7H,1-3H3. The van der Waals surface area contributed by atoms with Crippen LogP contribution < -0.4 is 0 Å². The Hall–Kier alpha value is -1.58. The lowest BCUT2D eigenvalue weighted by Gasteiger charge is -2.03. The Balaban J connectivity index is 3.20. The van der Waals surface area contributed by atoms with Gasteiger partial charge < -0.3 is 4.74 Å². The number of methoxy groups -OCH3 is 1. The largest absolute Gasteiger partial charge is 0.496 e. The van der Waals surface area contributed by atoms with E-state index in [0.29, 0.717) is 11.3 Å². The molecule has 0 radical (unpaired) electrons. The molecule has 0 bridgehead atoms. The van der Waals surface area contributed by atoms with Crippen LogP contribution in [-0.4, -0.2) is 12.0 Å². The molecule has 4 nitrogen and oxygen atoms in total. The molecule has 0 aromatic heterocycles. The second kappa shape index (κ2) is 4.09. The molecule has 0 saturated carbocycles. The third kappa shape index (κ3) is 2.02. The van der Waals surface area contributed by atoms with Crippen molar-refractivity contribution in [2.75, 3.05) is 7.11 Å². The fourth-order valence-electron chi connectivity index (χ4n) is 1.34. The number of ether oxygens (including phenoxy) is 1. The Morgan fingerprint density at radius 3 is 2.71 bits per heavy atom. The summed E-state index contributed by atoms with van der Waals surface area (Å²) in [5, 5.41) is 10.7. The van der Waals surface area contributed by atoms with E-state index >= 15 is 0 Å². The fourth-order valence-corrected chi connectivity index (χ4v) is 1.34. The molecule has 0 N–H and O–H groups in total. The molecule has 14 heavy (non-hydrogen) atoms. The minimum atomic E-state index is -0.377. The van der Waals surface area contributed by atoms with Crippen LogP contribution in [-0.2, 0) is 4.74 Å². The van der Waals surface area contributed by atoms with Gasteiger partial charge in [0.25, 0.3) is 5.70 Å². The van der Waals surface area contributed by atoms with E-state index in [1.807, 2.05) is 13.0 Å². The first-order valence-corrected chi connectivity index (χ1v) is 4.36. The molecule has 1 aliphatic carbocycles. The van der Waals surface area contributed by atoms with Gasteiger partial charge in [-0.15, -0.1) is 0 Å². The smallest absolute Gasteiger partial charge is 0.272 e. The average Bonchev–Trinajstić information content (AvgIpc) is 2.26. The normalized spacial score (nSPS) is 21.6. The van der Waals surface area contributed by atoms with Gasteiger partial charge in [0.1, 0.15) is 5.76 Å². The summed E-state index contributed by atoms with van der Waals surface area (Å²) < 4.78 is 5.06. The first-order valence-electron chi connectivity index (χ1n) is 4.36. The van der Waals surface area contributed by atoms with Crippen LogP contribution in [0.25, 0.3) is 0 Å². The molecule has 76 valence electrons. The molecule has 1 unspecified atom stereocenters. The number of rotatable bonds is 2. The molecular weight excluding hydrogens is 182 g/mol. The molecular formula is C10H13NO3. The van der Waals surface area contributed by atoms with Crippen molar-refractivity contribution in [3.63, 3.8) is 0 Å². The second-order valence-electron chi connectivity index (χ2n) is 3.22. The van der Waals surface area contributed by atoms with E-state index in [2.05, 4.69) is 0 Å². The van der Waals surface area contributed by atoms with Crippen molar-refractivity contribution < 1.29 is 9.66 Å². The van der Waals surface area contributed by atoms with Gasteiger partial charge in [0.2, 0.25) is 0 Å². The minimum Gasteiger partial charge on any atom is -0.496 e. The van der Waals surface area contributed by atoms with Gasteiger partial charge in [0.05, 0.1) is 17.6 Å². The van der Waals surface area contributed by atoms with Gasteiger partial charge in [-0.2, -0.15) is 0 Å². The highest BCUT2D eigenvalue weighted by Crippen LogP contribution is 2.22. The van der Waals surface area contributed by atoms with E-state index in [1.165, 1.54) is 7.11 Å². The van der Waals surface area contributed by atoms with E-state index in [-0.39, 0.29) is 16.5 Å². The molecule has 0 aliphatic heterocycles. The predicted octanol–water partition coefficient (Wildman–Crippen LogP) is 2.27. The number of nitro groups is 1. The van der Waals surface area contributed by atoms with Gasteiger partial charge in [0.15, 0.2) is 0 Å². The average molecular weight is 195 g/mol. The van der Waals surface area contributed by atoms with Crippen LogP contribution in [0.5, 0.6) is 0 Å². The van der Waals surface area contributed by atoms with Crippen molar-refractivity contribution in [3.8, 4) is 0 Å². The summed E-state index contributed by atoms with van der Waals surface area (Å²) in [4.78, 5) is 10.4. The van der Waals surface area contributed by atoms with E-state index < -0.39 is 0 Å². The Kier molecular flexibility index (Phi) is 3.06. The van der Waals surface area contributed by atoms with Crippen molar-refractivity contribution in [2.24, 2.45) is 5.92 Å². The quantitative estimate of drug-likeness (QED) is 0.501. The first-order chi connectivity index (χ1) is 6.56. The van der Waals surface area contributed by atoms with Crippen molar-refractivity contribution >= 4 is 0 Å².